The third kappa shape index (κ3) is 3.91. The smallest absolute Gasteiger partial charge is 0.275 e. The molecule has 1 amide bonds. The highest BCUT2D eigenvalue weighted by molar-refractivity contribution is 5.77. The highest BCUT2D eigenvalue weighted by atomic mass is 16.5. The number of amides is 1. The second-order valence-corrected chi connectivity index (χ2v) is 6.26. The first-order chi connectivity index (χ1) is 11.6. The maximum atomic E-state index is 11.9. The summed E-state index contributed by atoms with van der Waals surface area (Å²) in [6, 6.07) is 7.77. The molecule has 1 aliphatic carbocycles. The van der Waals surface area contributed by atoms with Crippen molar-refractivity contribution in [1.29, 1.82) is 0 Å². The SMILES string of the molecule is COc1ccc(-c2nnc([C@H](C)[NH+](C)CC(=O)NC3CC3)o2)cc1. The summed E-state index contributed by atoms with van der Waals surface area (Å²) in [6.45, 7) is 2.36. The Bertz CT molecular complexity index is 694. The average Bonchev–Trinajstić information content (AvgIpc) is 3.26. The standard InChI is InChI=1S/C17H22N4O3/c1-11(21(2)10-15(22)18-13-6-7-13)16-19-20-17(24-16)12-4-8-14(23-3)9-5-12/h4-5,8-9,11,13H,6-7,10H2,1-3H3,(H,18,22)/p+1/t11-/m0/s1. The summed E-state index contributed by atoms with van der Waals surface area (Å²) in [4.78, 5) is 12.9. The molecular weight excluding hydrogens is 308 g/mol. The topological polar surface area (TPSA) is 81.7 Å². The van der Waals surface area contributed by atoms with Crippen molar-refractivity contribution in [2.45, 2.75) is 31.8 Å². The van der Waals surface area contributed by atoms with Crippen molar-refractivity contribution < 1.29 is 18.8 Å². The van der Waals surface area contributed by atoms with Gasteiger partial charge in [0.25, 0.3) is 11.8 Å². The van der Waals surface area contributed by atoms with Gasteiger partial charge in [0.15, 0.2) is 12.6 Å². The van der Waals surface area contributed by atoms with Gasteiger partial charge in [-0.2, -0.15) is 0 Å². The van der Waals surface area contributed by atoms with Crippen molar-refractivity contribution in [2.75, 3.05) is 20.7 Å². The number of nitrogens with one attached hydrogen (secondary N) is 2. The Morgan fingerprint density at radius 3 is 2.71 bits per heavy atom. The van der Waals surface area contributed by atoms with Gasteiger partial charge in [-0.1, -0.05) is 0 Å². The fourth-order valence-electron chi connectivity index (χ4n) is 2.38. The molecule has 7 heteroatoms. The van der Waals surface area contributed by atoms with Crippen LogP contribution >= 0.6 is 0 Å². The molecule has 2 aromatic rings. The predicted molar refractivity (Wildman–Crippen MR) is 87.6 cm³/mol. The largest absolute Gasteiger partial charge is 0.497 e. The first-order valence-corrected chi connectivity index (χ1v) is 8.16. The Balaban J connectivity index is 1.63. The number of hydrogen-bond donors (Lipinski definition) is 2. The number of methoxy groups -OCH3 is 1. The molecule has 128 valence electrons. The van der Waals surface area contributed by atoms with Gasteiger partial charge >= 0.3 is 0 Å². The minimum absolute atomic E-state index is 0.0607. The zero-order valence-electron chi connectivity index (χ0n) is 14.2. The maximum absolute atomic E-state index is 11.9. The van der Waals surface area contributed by atoms with Crippen molar-refractivity contribution in [1.82, 2.24) is 15.5 Å². The number of aromatic nitrogens is 2. The quantitative estimate of drug-likeness (QED) is 0.776. The van der Waals surface area contributed by atoms with Crippen LogP contribution < -0.4 is 15.0 Å². The number of likely N-dealkylation sites (N-methyl/N-ethyl adjacent to an activating group) is 1. The number of ether oxygens (including phenoxy) is 1. The van der Waals surface area contributed by atoms with E-state index >= 15 is 0 Å². The van der Waals surface area contributed by atoms with E-state index in [1.54, 1.807) is 7.11 Å². The van der Waals surface area contributed by atoms with Gasteiger partial charge in [-0.15, -0.1) is 10.2 Å². The molecule has 7 nitrogen and oxygen atoms in total. The van der Waals surface area contributed by atoms with Gasteiger partial charge < -0.3 is 19.4 Å². The van der Waals surface area contributed by atoms with Crippen LogP contribution in [0.4, 0.5) is 0 Å². The number of rotatable bonds is 7. The summed E-state index contributed by atoms with van der Waals surface area (Å²) in [5.74, 6) is 1.83. The van der Waals surface area contributed by atoms with Crippen LogP contribution in [-0.2, 0) is 4.79 Å². The van der Waals surface area contributed by atoms with Crippen molar-refractivity contribution in [3.8, 4) is 17.2 Å². The fourth-order valence-corrected chi connectivity index (χ4v) is 2.38. The normalized spacial score (nSPS) is 16.5. The molecule has 1 unspecified atom stereocenters. The monoisotopic (exact) mass is 331 g/mol. The van der Waals surface area contributed by atoms with E-state index in [0.29, 0.717) is 24.4 Å². The van der Waals surface area contributed by atoms with Crippen LogP contribution in [0.5, 0.6) is 5.75 Å². The Kier molecular flexibility index (Phi) is 4.80. The Morgan fingerprint density at radius 2 is 2.08 bits per heavy atom. The second kappa shape index (κ2) is 7.00. The van der Waals surface area contributed by atoms with Crippen LogP contribution in [0.15, 0.2) is 28.7 Å². The Hall–Kier alpha value is -2.41. The summed E-state index contributed by atoms with van der Waals surface area (Å²) >= 11 is 0. The summed E-state index contributed by atoms with van der Waals surface area (Å²) < 4.78 is 10.9. The summed E-state index contributed by atoms with van der Waals surface area (Å²) in [5, 5.41) is 11.2. The first-order valence-electron chi connectivity index (χ1n) is 8.16. The lowest BCUT2D eigenvalue weighted by Crippen LogP contribution is -3.10. The van der Waals surface area contributed by atoms with Gasteiger partial charge in [-0.3, -0.25) is 4.79 Å². The summed E-state index contributed by atoms with van der Waals surface area (Å²) in [7, 11) is 3.58. The van der Waals surface area contributed by atoms with Gasteiger partial charge in [0.1, 0.15) is 5.75 Å². The van der Waals surface area contributed by atoms with Gasteiger partial charge in [0.2, 0.25) is 5.89 Å². The highest BCUT2D eigenvalue weighted by Crippen LogP contribution is 2.22. The zero-order chi connectivity index (χ0) is 17.1. The molecule has 1 aromatic carbocycles. The Labute approximate surface area is 141 Å². The fraction of sp³-hybridized carbons (Fsp3) is 0.471. The predicted octanol–water partition coefficient (Wildman–Crippen LogP) is 0.600. The van der Waals surface area contributed by atoms with Crippen molar-refractivity contribution in [2.24, 2.45) is 0 Å². The van der Waals surface area contributed by atoms with E-state index in [-0.39, 0.29) is 11.9 Å². The van der Waals surface area contributed by atoms with E-state index in [4.69, 9.17) is 9.15 Å². The molecule has 1 aromatic heterocycles. The number of hydrogen-bond acceptors (Lipinski definition) is 5. The number of benzene rings is 1. The molecule has 1 heterocycles. The third-order valence-electron chi connectivity index (χ3n) is 4.27. The maximum Gasteiger partial charge on any atom is 0.275 e. The lowest BCUT2D eigenvalue weighted by molar-refractivity contribution is -0.903. The molecular formula is C17H23N4O3+. The van der Waals surface area contributed by atoms with E-state index in [1.165, 1.54) is 0 Å². The van der Waals surface area contributed by atoms with Gasteiger partial charge in [-0.05, 0) is 44.0 Å². The molecule has 0 bridgehead atoms. The molecule has 1 aliphatic rings. The van der Waals surface area contributed by atoms with E-state index < -0.39 is 0 Å². The van der Waals surface area contributed by atoms with E-state index in [1.807, 2.05) is 38.2 Å². The molecule has 24 heavy (non-hydrogen) atoms. The number of nitrogens with zero attached hydrogens (tertiary/aromatic N) is 2. The lowest BCUT2D eigenvalue weighted by Gasteiger charge is -2.18. The van der Waals surface area contributed by atoms with Gasteiger partial charge in [0, 0.05) is 11.6 Å². The van der Waals surface area contributed by atoms with Crippen LogP contribution in [-0.4, -0.2) is 42.8 Å². The number of carbonyl (C=O) groups excluding carboxylic acids is 1. The first kappa shape index (κ1) is 16.4. The summed E-state index contributed by atoms with van der Waals surface area (Å²) in [6.07, 6.45) is 2.18. The summed E-state index contributed by atoms with van der Waals surface area (Å²) in [5.41, 5.74) is 0.839. The second-order valence-electron chi connectivity index (χ2n) is 6.26. The third-order valence-corrected chi connectivity index (χ3v) is 4.27. The highest BCUT2D eigenvalue weighted by Gasteiger charge is 2.28. The molecule has 0 aliphatic heterocycles. The number of carbonyl (C=O) groups is 1. The molecule has 0 saturated heterocycles. The Morgan fingerprint density at radius 1 is 1.38 bits per heavy atom. The molecule has 2 N–H and O–H groups in total. The van der Waals surface area contributed by atoms with Gasteiger partial charge in [-0.25, -0.2) is 0 Å². The van der Waals surface area contributed by atoms with Crippen LogP contribution in [0, 0.1) is 0 Å². The minimum atomic E-state index is -0.0607. The minimum Gasteiger partial charge on any atom is -0.497 e. The molecule has 1 fully saturated rings. The molecule has 1 saturated carbocycles. The van der Waals surface area contributed by atoms with Crippen LogP contribution in [0.1, 0.15) is 31.7 Å². The van der Waals surface area contributed by atoms with Crippen molar-refractivity contribution in [3.63, 3.8) is 0 Å². The number of quaternary nitrogens is 1. The van der Waals surface area contributed by atoms with Crippen molar-refractivity contribution >= 4 is 5.91 Å². The molecule has 0 radical (unpaired) electrons. The average molecular weight is 331 g/mol. The van der Waals surface area contributed by atoms with Crippen LogP contribution in [0.2, 0.25) is 0 Å². The molecule has 0 spiro atoms. The molecule has 3 rings (SSSR count). The van der Waals surface area contributed by atoms with Crippen LogP contribution in [0.25, 0.3) is 11.5 Å². The van der Waals surface area contributed by atoms with E-state index in [0.717, 1.165) is 29.1 Å². The van der Waals surface area contributed by atoms with E-state index in [9.17, 15) is 4.79 Å². The van der Waals surface area contributed by atoms with Crippen molar-refractivity contribution in [3.05, 3.63) is 30.2 Å². The molecule has 2 atom stereocenters. The van der Waals surface area contributed by atoms with Gasteiger partial charge in [0.05, 0.1) is 14.2 Å². The zero-order valence-corrected chi connectivity index (χ0v) is 14.2. The van der Waals surface area contributed by atoms with E-state index in [2.05, 4.69) is 15.5 Å². The lowest BCUT2D eigenvalue weighted by atomic mass is 10.2. The van der Waals surface area contributed by atoms with Crippen LogP contribution in [0.3, 0.4) is 0 Å².